The Balaban J connectivity index is 1.57. The number of phenols is 1. The molecule has 0 saturated heterocycles. The third kappa shape index (κ3) is 8.70. The molecule has 2 heterocycles. The van der Waals surface area contributed by atoms with Crippen LogP contribution in [0.5, 0.6) is 5.75 Å². The number of carboxylic acids is 1. The van der Waals surface area contributed by atoms with Crippen molar-refractivity contribution < 1.29 is 29.4 Å². The van der Waals surface area contributed by atoms with Crippen molar-refractivity contribution >= 4 is 34.6 Å². The molecule has 0 aliphatic heterocycles. The normalized spacial score (nSPS) is 14.6. The summed E-state index contributed by atoms with van der Waals surface area (Å²) < 4.78 is 0. The Morgan fingerprint density at radius 2 is 1.56 bits per heavy atom. The van der Waals surface area contributed by atoms with Crippen LogP contribution >= 0.6 is 0 Å². The number of hydrogen-bond acceptors (Lipinski definition) is 7. The lowest BCUT2D eigenvalue weighted by atomic mass is 9.97. The second kappa shape index (κ2) is 15.0. The van der Waals surface area contributed by atoms with Gasteiger partial charge in [0, 0.05) is 41.8 Å². The second-order valence-corrected chi connectivity index (χ2v) is 11.2. The van der Waals surface area contributed by atoms with Gasteiger partial charge in [0.15, 0.2) is 0 Å². The highest BCUT2D eigenvalue weighted by Crippen LogP contribution is 2.20. The molecule has 0 aliphatic rings. The van der Waals surface area contributed by atoms with Crippen LogP contribution < -0.4 is 21.7 Å². The summed E-state index contributed by atoms with van der Waals surface area (Å²) in [6.07, 6.45) is 5.45. The first kappa shape index (κ1) is 32.7. The minimum absolute atomic E-state index is 0.0234. The number of aromatic nitrogens is 3. The van der Waals surface area contributed by atoms with E-state index >= 15 is 0 Å². The van der Waals surface area contributed by atoms with E-state index in [0.717, 1.165) is 22.0 Å². The molecule has 45 heavy (non-hydrogen) atoms. The van der Waals surface area contributed by atoms with E-state index in [2.05, 4.69) is 30.9 Å². The Kier molecular flexibility index (Phi) is 10.9. The number of benzene rings is 2. The number of nitrogens with two attached hydrogens (primary N) is 1. The smallest absolute Gasteiger partial charge is 0.326 e. The Morgan fingerprint density at radius 3 is 2.22 bits per heavy atom. The number of para-hydroxylation sites is 1. The number of nitrogens with zero attached hydrogens (tertiary/aromatic N) is 1. The molecule has 2 aromatic heterocycles. The number of imidazole rings is 1. The van der Waals surface area contributed by atoms with E-state index in [1.165, 1.54) is 24.7 Å². The zero-order chi connectivity index (χ0) is 32.5. The first-order valence-corrected chi connectivity index (χ1v) is 14.7. The summed E-state index contributed by atoms with van der Waals surface area (Å²) in [4.78, 5) is 62.7. The molecule has 0 saturated carbocycles. The van der Waals surface area contributed by atoms with Crippen molar-refractivity contribution in [2.24, 2.45) is 11.7 Å². The van der Waals surface area contributed by atoms with Crippen LogP contribution in [-0.2, 0) is 38.4 Å². The van der Waals surface area contributed by atoms with E-state index in [-0.39, 0.29) is 30.9 Å². The Morgan fingerprint density at radius 1 is 0.889 bits per heavy atom. The number of aromatic hydroxyl groups is 1. The number of carbonyl (C=O) groups is 4. The van der Waals surface area contributed by atoms with Crippen LogP contribution in [-0.4, -0.2) is 73.0 Å². The molecular formula is C32H39N7O6. The van der Waals surface area contributed by atoms with Crippen LogP contribution in [0, 0.1) is 5.92 Å². The molecule has 238 valence electrons. The third-order valence-corrected chi connectivity index (χ3v) is 7.85. The molecule has 3 amide bonds. The van der Waals surface area contributed by atoms with Crippen LogP contribution in [0.4, 0.5) is 0 Å². The fourth-order valence-electron chi connectivity index (χ4n) is 5.02. The maximum Gasteiger partial charge on any atom is 0.326 e. The van der Waals surface area contributed by atoms with E-state index in [1.54, 1.807) is 25.3 Å². The SMILES string of the molecule is CCC(C)C(NC(=O)C(Cc1c[nH]c2ccccc12)NC(=O)C(Cc1cnc[nH]1)NC(=O)C(N)Cc1ccc(O)cc1)C(=O)O. The van der Waals surface area contributed by atoms with Crippen molar-refractivity contribution in [2.75, 3.05) is 0 Å². The lowest BCUT2D eigenvalue weighted by molar-refractivity contribution is -0.143. The fraction of sp³-hybridized carbons (Fsp3) is 0.344. The Hall–Kier alpha value is -5.17. The van der Waals surface area contributed by atoms with Crippen LogP contribution in [0.1, 0.15) is 37.1 Å². The number of carbonyl (C=O) groups excluding carboxylic acids is 3. The van der Waals surface area contributed by atoms with Gasteiger partial charge in [-0.05, 0) is 41.7 Å². The van der Waals surface area contributed by atoms with Gasteiger partial charge in [-0.15, -0.1) is 0 Å². The second-order valence-electron chi connectivity index (χ2n) is 11.2. The molecule has 5 unspecified atom stereocenters. The maximum atomic E-state index is 13.8. The number of aromatic amines is 2. The highest BCUT2D eigenvalue weighted by atomic mass is 16.4. The Bertz CT molecular complexity index is 1600. The van der Waals surface area contributed by atoms with Gasteiger partial charge in [0.2, 0.25) is 17.7 Å². The molecule has 4 rings (SSSR count). The summed E-state index contributed by atoms with van der Waals surface area (Å²) in [5, 5.41) is 28.3. The fourth-order valence-corrected chi connectivity index (χ4v) is 5.02. The maximum absolute atomic E-state index is 13.8. The monoisotopic (exact) mass is 617 g/mol. The molecule has 13 nitrogen and oxygen atoms in total. The van der Waals surface area contributed by atoms with Gasteiger partial charge in [-0.3, -0.25) is 14.4 Å². The zero-order valence-corrected chi connectivity index (χ0v) is 25.1. The lowest BCUT2D eigenvalue weighted by Crippen LogP contribution is -2.58. The predicted octanol–water partition coefficient (Wildman–Crippen LogP) is 1.54. The lowest BCUT2D eigenvalue weighted by Gasteiger charge is -2.26. The van der Waals surface area contributed by atoms with E-state index in [4.69, 9.17) is 5.73 Å². The number of fused-ring (bicyclic) bond motifs is 1. The Labute approximate surface area is 260 Å². The molecule has 0 bridgehead atoms. The van der Waals surface area contributed by atoms with Crippen LogP contribution in [0.2, 0.25) is 0 Å². The summed E-state index contributed by atoms with van der Waals surface area (Å²) in [5.41, 5.74) is 9.04. The minimum Gasteiger partial charge on any atom is -0.508 e. The zero-order valence-electron chi connectivity index (χ0n) is 25.1. The van der Waals surface area contributed by atoms with Gasteiger partial charge in [-0.25, -0.2) is 9.78 Å². The predicted molar refractivity (Wildman–Crippen MR) is 167 cm³/mol. The summed E-state index contributed by atoms with van der Waals surface area (Å²) in [7, 11) is 0. The van der Waals surface area contributed by atoms with Gasteiger partial charge in [-0.1, -0.05) is 50.6 Å². The molecule has 0 spiro atoms. The molecule has 0 fully saturated rings. The van der Waals surface area contributed by atoms with Crippen molar-refractivity contribution in [3.63, 3.8) is 0 Å². The quantitative estimate of drug-likeness (QED) is 0.0977. The van der Waals surface area contributed by atoms with Crippen molar-refractivity contribution in [3.8, 4) is 5.75 Å². The van der Waals surface area contributed by atoms with Gasteiger partial charge < -0.3 is 41.9 Å². The van der Waals surface area contributed by atoms with Gasteiger partial charge >= 0.3 is 5.97 Å². The summed E-state index contributed by atoms with van der Waals surface area (Å²) >= 11 is 0. The van der Waals surface area contributed by atoms with Gasteiger partial charge in [0.1, 0.15) is 23.9 Å². The van der Waals surface area contributed by atoms with Gasteiger partial charge in [0.25, 0.3) is 0 Å². The van der Waals surface area contributed by atoms with Gasteiger partial charge in [0.05, 0.1) is 12.4 Å². The summed E-state index contributed by atoms with van der Waals surface area (Å²) in [5.74, 6) is -3.39. The molecule has 0 radical (unpaired) electrons. The van der Waals surface area contributed by atoms with Crippen molar-refractivity contribution in [2.45, 2.75) is 63.7 Å². The molecule has 5 atom stereocenters. The van der Waals surface area contributed by atoms with Crippen molar-refractivity contribution in [3.05, 3.63) is 84.1 Å². The van der Waals surface area contributed by atoms with E-state index in [0.29, 0.717) is 12.1 Å². The number of nitrogens with one attached hydrogen (secondary N) is 5. The largest absolute Gasteiger partial charge is 0.508 e. The minimum atomic E-state index is -1.18. The number of hydrogen-bond donors (Lipinski definition) is 8. The number of carboxylic acid groups (broad SMARTS) is 1. The first-order chi connectivity index (χ1) is 21.5. The number of phenolic OH excluding ortho intramolecular Hbond substituents is 1. The third-order valence-electron chi connectivity index (χ3n) is 7.85. The molecule has 13 heteroatoms. The van der Waals surface area contributed by atoms with E-state index < -0.39 is 47.9 Å². The highest BCUT2D eigenvalue weighted by Gasteiger charge is 2.33. The van der Waals surface area contributed by atoms with Crippen molar-refractivity contribution in [1.82, 2.24) is 30.9 Å². The van der Waals surface area contributed by atoms with Crippen LogP contribution in [0.15, 0.2) is 67.3 Å². The first-order valence-electron chi connectivity index (χ1n) is 14.7. The topological polar surface area (TPSA) is 215 Å². The molecule has 4 aromatic rings. The standard InChI is InChI=1S/C32H39N7O6/c1-3-18(2)28(32(44)45)39-31(43)26(13-20-15-35-25-7-5-4-6-23(20)25)38-30(42)27(14-21-16-34-17-36-21)37-29(41)24(33)12-19-8-10-22(40)11-9-19/h4-11,15-18,24,26-28,35,40H,3,12-14,33H2,1-2H3,(H,34,36)(H,37,41)(H,38,42)(H,39,43)(H,44,45). The van der Waals surface area contributed by atoms with Crippen LogP contribution in [0.25, 0.3) is 10.9 Å². The van der Waals surface area contributed by atoms with Crippen molar-refractivity contribution in [1.29, 1.82) is 0 Å². The van der Waals surface area contributed by atoms with E-state index in [9.17, 15) is 29.4 Å². The average molecular weight is 618 g/mol. The highest BCUT2D eigenvalue weighted by molar-refractivity contribution is 5.95. The van der Waals surface area contributed by atoms with E-state index in [1.807, 2.05) is 31.2 Å². The number of H-pyrrole nitrogens is 2. The van der Waals surface area contributed by atoms with Crippen LogP contribution in [0.3, 0.4) is 0 Å². The number of rotatable bonds is 15. The summed E-state index contributed by atoms with van der Waals surface area (Å²) in [6, 6.07) is 9.27. The summed E-state index contributed by atoms with van der Waals surface area (Å²) in [6.45, 7) is 3.55. The molecular weight excluding hydrogens is 578 g/mol. The molecule has 2 aromatic carbocycles. The molecule has 0 aliphatic carbocycles. The number of aliphatic carboxylic acids is 1. The molecule has 9 N–H and O–H groups in total. The average Bonchev–Trinajstić information content (AvgIpc) is 3.69. The van der Waals surface area contributed by atoms with Gasteiger partial charge in [-0.2, -0.15) is 0 Å². The number of amides is 3.